The molecule has 0 radical (unpaired) electrons. The second kappa shape index (κ2) is 7.08. The molecule has 21 heavy (non-hydrogen) atoms. The van der Waals surface area contributed by atoms with E-state index in [9.17, 15) is 9.59 Å². The molecule has 2 amide bonds. The molecule has 1 atom stereocenters. The van der Waals surface area contributed by atoms with Gasteiger partial charge >= 0.3 is 6.09 Å². The van der Waals surface area contributed by atoms with E-state index < -0.39 is 0 Å². The lowest BCUT2D eigenvalue weighted by Crippen LogP contribution is -2.24. The monoisotopic (exact) mass is 291 g/mol. The minimum atomic E-state index is -0.354. The lowest BCUT2D eigenvalue weighted by atomic mass is 10.0. The minimum Gasteiger partial charge on any atom is -0.447 e. The molecule has 6 nitrogen and oxygen atoms in total. The number of nitrogens with two attached hydrogens (primary N) is 1. The van der Waals surface area contributed by atoms with Gasteiger partial charge in [-0.25, -0.2) is 4.79 Å². The fourth-order valence-electron chi connectivity index (χ4n) is 2.25. The summed E-state index contributed by atoms with van der Waals surface area (Å²) in [7, 11) is 0. The van der Waals surface area contributed by atoms with Gasteiger partial charge in [-0.3, -0.25) is 9.69 Å². The van der Waals surface area contributed by atoms with Crippen LogP contribution in [-0.4, -0.2) is 31.7 Å². The van der Waals surface area contributed by atoms with E-state index in [1.165, 1.54) is 0 Å². The van der Waals surface area contributed by atoms with Crippen molar-refractivity contribution in [2.24, 2.45) is 11.7 Å². The minimum absolute atomic E-state index is 0.0616. The Morgan fingerprint density at radius 3 is 2.95 bits per heavy atom. The van der Waals surface area contributed by atoms with Crippen molar-refractivity contribution in [2.75, 3.05) is 29.9 Å². The van der Waals surface area contributed by atoms with Crippen LogP contribution in [0.3, 0.4) is 0 Å². The van der Waals surface area contributed by atoms with Crippen molar-refractivity contribution in [2.45, 2.75) is 19.8 Å². The molecule has 1 aromatic rings. The first-order valence-electron chi connectivity index (χ1n) is 7.18. The van der Waals surface area contributed by atoms with E-state index in [1.54, 1.807) is 23.1 Å². The number of hydrogen-bond donors (Lipinski definition) is 2. The maximum Gasteiger partial charge on any atom is 0.414 e. The van der Waals surface area contributed by atoms with Gasteiger partial charge in [0.1, 0.15) is 6.61 Å². The zero-order valence-electron chi connectivity index (χ0n) is 12.2. The second-order valence-electron chi connectivity index (χ2n) is 5.08. The van der Waals surface area contributed by atoms with E-state index >= 15 is 0 Å². The SMILES string of the molecule is CCC(CN)CC(=O)Nc1cccc(N2CCOC2=O)c1. The number of cyclic esters (lactones) is 1. The van der Waals surface area contributed by atoms with Crippen LogP contribution in [0.2, 0.25) is 0 Å². The molecular formula is C15H21N3O3. The molecule has 1 aromatic carbocycles. The standard InChI is InChI=1S/C15H21N3O3/c1-2-11(10-16)8-14(19)17-12-4-3-5-13(9-12)18-6-7-21-15(18)20/h3-5,9,11H,2,6-8,10,16H2,1H3,(H,17,19). The van der Waals surface area contributed by atoms with Gasteiger partial charge in [0, 0.05) is 17.8 Å². The summed E-state index contributed by atoms with van der Waals surface area (Å²) in [6.45, 7) is 3.44. The van der Waals surface area contributed by atoms with Crippen LogP contribution in [0.25, 0.3) is 0 Å². The average Bonchev–Trinajstić information content (AvgIpc) is 2.91. The maximum absolute atomic E-state index is 12.0. The summed E-state index contributed by atoms with van der Waals surface area (Å²) in [5, 5.41) is 2.85. The van der Waals surface area contributed by atoms with E-state index in [-0.39, 0.29) is 17.9 Å². The maximum atomic E-state index is 12.0. The van der Waals surface area contributed by atoms with E-state index in [4.69, 9.17) is 10.5 Å². The first-order chi connectivity index (χ1) is 10.1. The van der Waals surface area contributed by atoms with E-state index in [0.717, 1.165) is 12.1 Å². The number of anilines is 2. The number of hydrogen-bond acceptors (Lipinski definition) is 4. The third-order valence-electron chi connectivity index (χ3n) is 3.59. The molecule has 1 heterocycles. The summed E-state index contributed by atoms with van der Waals surface area (Å²) >= 11 is 0. The molecule has 1 aliphatic rings. The Kier molecular flexibility index (Phi) is 5.16. The fraction of sp³-hybridized carbons (Fsp3) is 0.467. The molecule has 1 saturated heterocycles. The quantitative estimate of drug-likeness (QED) is 0.839. The third kappa shape index (κ3) is 3.95. The molecule has 6 heteroatoms. The zero-order valence-corrected chi connectivity index (χ0v) is 12.2. The number of benzene rings is 1. The van der Waals surface area contributed by atoms with Gasteiger partial charge < -0.3 is 15.8 Å². The molecule has 114 valence electrons. The van der Waals surface area contributed by atoms with Crippen LogP contribution < -0.4 is 16.0 Å². The van der Waals surface area contributed by atoms with Crippen molar-refractivity contribution in [1.29, 1.82) is 0 Å². The highest BCUT2D eigenvalue weighted by Gasteiger charge is 2.23. The summed E-state index contributed by atoms with van der Waals surface area (Å²) < 4.78 is 4.91. The molecule has 0 spiro atoms. The van der Waals surface area contributed by atoms with Crippen molar-refractivity contribution in [3.05, 3.63) is 24.3 Å². The van der Waals surface area contributed by atoms with Crippen molar-refractivity contribution in [3.8, 4) is 0 Å². The highest BCUT2D eigenvalue weighted by atomic mass is 16.6. The van der Waals surface area contributed by atoms with Crippen LogP contribution in [0.5, 0.6) is 0 Å². The first kappa shape index (κ1) is 15.3. The number of carbonyl (C=O) groups is 2. The van der Waals surface area contributed by atoms with Crippen LogP contribution in [-0.2, 0) is 9.53 Å². The van der Waals surface area contributed by atoms with Crippen LogP contribution in [0.4, 0.5) is 16.2 Å². The van der Waals surface area contributed by atoms with Gasteiger partial charge in [0.05, 0.1) is 6.54 Å². The van der Waals surface area contributed by atoms with Gasteiger partial charge in [0.15, 0.2) is 0 Å². The Bertz CT molecular complexity index is 515. The Balaban J connectivity index is 2.01. The third-order valence-corrected chi connectivity index (χ3v) is 3.59. The van der Waals surface area contributed by atoms with Crippen molar-refractivity contribution >= 4 is 23.4 Å². The van der Waals surface area contributed by atoms with Crippen LogP contribution in [0, 0.1) is 5.92 Å². The second-order valence-corrected chi connectivity index (χ2v) is 5.08. The molecule has 1 fully saturated rings. The summed E-state index contributed by atoms with van der Waals surface area (Å²) in [6.07, 6.45) is 0.930. The first-order valence-corrected chi connectivity index (χ1v) is 7.18. The smallest absolute Gasteiger partial charge is 0.414 e. The summed E-state index contributed by atoms with van der Waals surface area (Å²) in [5.74, 6) is 0.134. The van der Waals surface area contributed by atoms with Crippen LogP contribution in [0.1, 0.15) is 19.8 Å². The molecule has 2 rings (SSSR count). The summed E-state index contributed by atoms with van der Waals surface area (Å²) in [5.41, 5.74) is 7.00. The molecule has 0 bridgehead atoms. The van der Waals surface area contributed by atoms with Gasteiger partial charge in [-0.2, -0.15) is 0 Å². The predicted octanol–water partition coefficient (Wildman–Crippen LogP) is 1.96. The number of rotatable bonds is 6. The highest BCUT2D eigenvalue weighted by molar-refractivity contribution is 5.93. The molecule has 0 saturated carbocycles. The number of nitrogens with zero attached hydrogens (tertiary/aromatic N) is 1. The average molecular weight is 291 g/mol. The normalized spacial score (nSPS) is 15.7. The summed E-state index contributed by atoms with van der Waals surface area (Å²) in [4.78, 5) is 25.0. The van der Waals surface area contributed by atoms with Crippen molar-refractivity contribution < 1.29 is 14.3 Å². The fourth-order valence-corrected chi connectivity index (χ4v) is 2.25. The molecule has 1 aliphatic heterocycles. The lowest BCUT2D eigenvalue weighted by molar-refractivity contribution is -0.117. The van der Waals surface area contributed by atoms with Gasteiger partial charge in [-0.1, -0.05) is 19.4 Å². The molecule has 3 N–H and O–H groups in total. The van der Waals surface area contributed by atoms with E-state index in [0.29, 0.717) is 31.8 Å². The summed E-state index contributed by atoms with van der Waals surface area (Å²) in [6, 6.07) is 7.19. The zero-order chi connectivity index (χ0) is 15.2. The van der Waals surface area contributed by atoms with Crippen molar-refractivity contribution in [1.82, 2.24) is 0 Å². The van der Waals surface area contributed by atoms with Gasteiger partial charge in [0.2, 0.25) is 5.91 Å². The number of amides is 2. The molecule has 0 aromatic heterocycles. The van der Waals surface area contributed by atoms with E-state index in [1.807, 2.05) is 13.0 Å². The Hall–Kier alpha value is -2.08. The Morgan fingerprint density at radius 1 is 1.52 bits per heavy atom. The number of nitrogens with one attached hydrogen (secondary N) is 1. The molecule has 1 unspecified atom stereocenters. The van der Waals surface area contributed by atoms with Crippen molar-refractivity contribution in [3.63, 3.8) is 0 Å². The van der Waals surface area contributed by atoms with Crippen LogP contribution >= 0.6 is 0 Å². The predicted molar refractivity (Wildman–Crippen MR) is 81.2 cm³/mol. The van der Waals surface area contributed by atoms with E-state index in [2.05, 4.69) is 5.32 Å². The van der Waals surface area contributed by atoms with Crippen LogP contribution in [0.15, 0.2) is 24.3 Å². The Morgan fingerprint density at radius 2 is 2.33 bits per heavy atom. The van der Waals surface area contributed by atoms with Gasteiger partial charge in [-0.05, 0) is 30.7 Å². The molecule has 0 aliphatic carbocycles. The largest absolute Gasteiger partial charge is 0.447 e. The number of carbonyl (C=O) groups excluding carboxylic acids is 2. The topological polar surface area (TPSA) is 84.7 Å². The Labute approximate surface area is 124 Å². The van der Waals surface area contributed by atoms with Gasteiger partial charge in [0.25, 0.3) is 0 Å². The number of ether oxygens (including phenoxy) is 1. The lowest BCUT2D eigenvalue weighted by Gasteiger charge is -2.15. The van der Waals surface area contributed by atoms with Gasteiger partial charge in [-0.15, -0.1) is 0 Å². The molecular weight excluding hydrogens is 270 g/mol. The highest BCUT2D eigenvalue weighted by Crippen LogP contribution is 2.22.